The number of ether oxygens (including phenoxy) is 1. The first kappa shape index (κ1) is 26.8. The fourth-order valence-corrected chi connectivity index (χ4v) is 4.59. The van der Waals surface area contributed by atoms with Crippen molar-refractivity contribution in [2.24, 2.45) is 0 Å². The molecule has 0 spiro atoms. The van der Waals surface area contributed by atoms with Gasteiger partial charge < -0.3 is 15.4 Å². The number of carbonyl (C=O) groups is 1. The molecule has 0 radical (unpaired) electrons. The number of nitrogens with one attached hydrogen (secondary N) is 2. The van der Waals surface area contributed by atoms with Crippen LogP contribution in [-0.4, -0.2) is 29.6 Å². The van der Waals surface area contributed by atoms with Crippen LogP contribution in [0.4, 0.5) is 32.0 Å². The number of amides is 1. The minimum absolute atomic E-state index is 0.158. The van der Waals surface area contributed by atoms with Crippen LogP contribution in [0, 0.1) is 5.82 Å². The van der Waals surface area contributed by atoms with E-state index in [1.54, 1.807) is 6.07 Å². The van der Waals surface area contributed by atoms with Gasteiger partial charge in [0.05, 0.1) is 11.9 Å². The number of benzene rings is 2. The van der Waals surface area contributed by atoms with Crippen molar-refractivity contribution >= 4 is 34.1 Å². The maximum absolute atomic E-state index is 14.1. The van der Waals surface area contributed by atoms with E-state index in [4.69, 9.17) is 11.6 Å². The molecule has 1 aliphatic rings. The third-order valence-electron chi connectivity index (χ3n) is 6.14. The molecule has 4 rings (SSSR count). The van der Waals surface area contributed by atoms with E-state index in [0.29, 0.717) is 36.1 Å². The van der Waals surface area contributed by atoms with Gasteiger partial charge in [-0.25, -0.2) is 9.37 Å². The molecule has 0 unspecified atom stereocenters. The number of rotatable bonds is 7. The van der Waals surface area contributed by atoms with Crippen molar-refractivity contribution in [3.05, 3.63) is 64.6 Å². The van der Waals surface area contributed by atoms with Crippen molar-refractivity contribution in [3.8, 4) is 5.75 Å². The van der Waals surface area contributed by atoms with Gasteiger partial charge in [-0.3, -0.25) is 4.79 Å². The molecule has 1 heterocycles. The molecule has 0 aliphatic heterocycles. The van der Waals surface area contributed by atoms with Gasteiger partial charge >= 0.3 is 12.8 Å². The van der Waals surface area contributed by atoms with E-state index in [1.165, 1.54) is 18.2 Å². The Morgan fingerprint density at radius 3 is 2.46 bits per heavy atom. The normalized spacial score (nSPS) is 18.2. The highest BCUT2D eigenvalue weighted by molar-refractivity contribution is 6.31. The molecule has 0 saturated heterocycles. The van der Waals surface area contributed by atoms with Crippen LogP contribution < -0.4 is 15.4 Å². The number of hydrogen-bond donors (Lipinski definition) is 2. The van der Waals surface area contributed by atoms with Crippen LogP contribution in [0.5, 0.6) is 5.75 Å². The van der Waals surface area contributed by atoms with Gasteiger partial charge in [-0.05, 0) is 62.1 Å². The highest BCUT2D eigenvalue weighted by Crippen LogP contribution is 2.35. The van der Waals surface area contributed by atoms with Crippen LogP contribution in [0.3, 0.4) is 0 Å². The molecule has 1 amide bonds. The first-order valence-corrected chi connectivity index (χ1v) is 11.8. The standard InChI is InChI=1S/C25H22ClF6N3O2/c26-13-4-9-19-17(10-13)20(12-22(35-19)25(30,31)32)33-14-5-7-15(8-6-14)34-23(36)11-16-18(27)2-1-3-21(16)37-24(28)29/h1-4,9-10,12,14-15,24H,5-8,11H2,(H,33,35)(H,34,36)/t14-,15+. The predicted octanol–water partition coefficient (Wildman–Crippen LogP) is 6.73. The van der Waals surface area contributed by atoms with Gasteiger partial charge in [-0.2, -0.15) is 22.0 Å². The largest absolute Gasteiger partial charge is 0.434 e. The highest BCUT2D eigenvalue weighted by Gasteiger charge is 2.34. The molecule has 198 valence electrons. The van der Waals surface area contributed by atoms with E-state index in [0.717, 1.165) is 18.2 Å². The second-order valence-corrected chi connectivity index (χ2v) is 9.18. The fourth-order valence-electron chi connectivity index (χ4n) is 4.42. The van der Waals surface area contributed by atoms with Gasteiger partial charge in [0.15, 0.2) is 0 Å². The molecule has 1 aromatic heterocycles. The molecule has 3 aromatic rings. The van der Waals surface area contributed by atoms with Crippen LogP contribution in [0.2, 0.25) is 5.02 Å². The van der Waals surface area contributed by atoms with Crippen LogP contribution in [0.25, 0.3) is 10.9 Å². The Labute approximate surface area is 213 Å². The van der Waals surface area contributed by atoms with E-state index >= 15 is 0 Å². The summed E-state index contributed by atoms with van der Waals surface area (Å²) in [5.74, 6) is -1.78. The van der Waals surface area contributed by atoms with Gasteiger partial charge in [0.25, 0.3) is 0 Å². The summed E-state index contributed by atoms with van der Waals surface area (Å²) >= 11 is 6.05. The molecule has 5 nitrogen and oxygen atoms in total. The van der Waals surface area contributed by atoms with Gasteiger partial charge in [-0.1, -0.05) is 17.7 Å². The Morgan fingerprint density at radius 1 is 1.08 bits per heavy atom. The van der Waals surface area contributed by atoms with Crippen molar-refractivity contribution in [3.63, 3.8) is 0 Å². The van der Waals surface area contributed by atoms with E-state index in [9.17, 15) is 31.1 Å². The summed E-state index contributed by atoms with van der Waals surface area (Å²) < 4.78 is 83.8. The van der Waals surface area contributed by atoms with E-state index in [1.807, 2.05) is 0 Å². The molecule has 12 heteroatoms. The van der Waals surface area contributed by atoms with Crippen molar-refractivity contribution in [1.29, 1.82) is 0 Å². The number of alkyl halides is 5. The Bertz CT molecular complexity index is 1280. The van der Waals surface area contributed by atoms with Crippen LogP contribution in [-0.2, 0) is 17.4 Å². The minimum Gasteiger partial charge on any atom is -0.434 e. The summed E-state index contributed by atoms with van der Waals surface area (Å²) in [7, 11) is 0. The number of halogens is 7. The Kier molecular flexibility index (Phi) is 8.01. The van der Waals surface area contributed by atoms with Gasteiger partial charge in [0.2, 0.25) is 5.91 Å². The Hall–Kier alpha value is -3.21. The van der Waals surface area contributed by atoms with Crippen molar-refractivity contribution < 1.29 is 35.9 Å². The molecule has 1 fully saturated rings. The lowest BCUT2D eigenvalue weighted by molar-refractivity contribution is -0.140. The number of carbonyl (C=O) groups excluding carboxylic acids is 1. The summed E-state index contributed by atoms with van der Waals surface area (Å²) in [4.78, 5) is 16.2. The van der Waals surface area contributed by atoms with E-state index in [-0.39, 0.29) is 28.9 Å². The third kappa shape index (κ3) is 6.76. The summed E-state index contributed by atoms with van der Waals surface area (Å²) in [5, 5.41) is 6.76. The minimum atomic E-state index is -4.62. The van der Waals surface area contributed by atoms with Gasteiger partial charge in [0.1, 0.15) is 17.3 Å². The summed E-state index contributed by atoms with van der Waals surface area (Å²) in [5.41, 5.74) is -0.863. The molecule has 2 aromatic carbocycles. The number of aromatic nitrogens is 1. The summed E-state index contributed by atoms with van der Waals surface area (Å²) in [6, 6.07) is 8.40. The zero-order valence-electron chi connectivity index (χ0n) is 19.2. The number of hydrogen-bond acceptors (Lipinski definition) is 4. The Balaban J connectivity index is 1.39. The highest BCUT2D eigenvalue weighted by atomic mass is 35.5. The molecule has 0 bridgehead atoms. The second-order valence-electron chi connectivity index (χ2n) is 8.75. The van der Waals surface area contributed by atoms with Crippen molar-refractivity contribution in [1.82, 2.24) is 10.3 Å². The molecule has 1 aliphatic carbocycles. The average Bonchev–Trinajstić information content (AvgIpc) is 2.82. The Morgan fingerprint density at radius 2 is 1.78 bits per heavy atom. The molecule has 1 saturated carbocycles. The number of anilines is 1. The van der Waals surface area contributed by atoms with Crippen LogP contribution >= 0.6 is 11.6 Å². The molecule has 2 N–H and O–H groups in total. The number of pyridine rings is 1. The van der Waals surface area contributed by atoms with Crippen LogP contribution in [0.15, 0.2) is 42.5 Å². The summed E-state index contributed by atoms with van der Waals surface area (Å²) in [6.07, 6.45) is -3.00. The molecular weight excluding hydrogens is 524 g/mol. The number of nitrogens with zero attached hydrogens (tertiary/aromatic N) is 1. The molecule has 37 heavy (non-hydrogen) atoms. The SMILES string of the molecule is O=C(Cc1c(F)cccc1OC(F)F)N[C@H]1CC[C@@H](Nc2cc(C(F)(F)F)nc3ccc(Cl)cc23)CC1. The number of fused-ring (bicyclic) bond motifs is 1. The lowest BCUT2D eigenvalue weighted by Gasteiger charge is -2.31. The first-order chi connectivity index (χ1) is 17.5. The molecule has 0 atom stereocenters. The van der Waals surface area contributed by atoms with Crippen LogP contribution in [0.1, 0.15) is 36.9 Å². The molecular formula is C25H22ClF6N3O2. The monoisotopic (exact) mass is 545 g/mol. The maximum Gasteiger partial charge on any atom is 0.433 e. The smallest absolute Gasteiger partial charge is 0.433 e. The third-order valence-corrected chi connectivity index (χ3v) is 6.38. The van der Waals surface area contributed by atoms with Gasteiger partial charge in [-0.15, -0.1) is 0 Å². The van der Waals surface area contributed by atoms with E-state index < -0.39 is 42.4 Å². The quantitative estimate of drug-likeness (QED) is 0.323. The zero-order chi connectivity index (χ0) is 26.7. The summed E-state index contributed by atoms with van der Waals surface area (Å²) in [6.45, 7) is -3.16. The lowest BCUT2D eigenvalue weighted by Crippen LogP contribution is -2.41. The second kappa shape index (κ2) is 11.0. The predicted molar refractivity (Wildman–Crippen MR) is 126 cm³/mol. The van der Waals surface area contributed by atoms with Crippen molar-refractivity contribution in [2.75, 3.05) is 5.32 Å². The van der Waals surface area contributed by atoms with Crippen molar-refractivity contribution in [2.45, 2.75) is 57.0 Å². The first-order valence-electron chi connectivity index (χ1n) is 11.4. The van der Waals surface area contributed by atoms with E-state index in [2.05, 4.69) is 20.4 Å². The van der Waals surface area contributed by atoms with Gasteiger partial charge in [0, 0.05) is 33.7 Å². The fraction of sp³-hybridized carbons (Fsp3) is 0.360. The average molecular weight is 546 g/mol. The topological polar surface area (TPSA) is 63.2 Å². The maximum atomic E-state index is 14.1. The zero-order valence-corrected chi connectivity index (χ0v) is 20.0. The lowest BCUT2D eigenvalue weighted by atomic mass is 9.90.